The number of nitro benzene ring substituents is 1. The minimum Gasteiger partial charge on any atom is -0.452 e. The number of benzene rings is 2. The van der Waals surface area contributed by atoms with Gasteiger partial charge < -0.3 is 10.5 Å². The Kier molecular flexibility index (Phi) is 4.40. The van der Waals surface area contributed by atoms with Gasteiger partial charge in [0.2, 0.25) is 0 Å². The molecular formula is C14H12ClFN2O3. The molecule has 7 heteroatoms. The molecule has 1 unspecified atom stereocenters. The Morgan fingerprint density at radius 1 is 1.29 bits per heavy atom. The molecule has 0 aliphatic heterocycles. The van der Waals surface area contributed by atoms with Crippen LogP contribution in [0.2, 0.25) is 5.02 Å². The van der Waals surface area contributed by atoms with E-state index in [1.54, 1.807) is 13.0 Å². The number of nitrogens with two attached hydrogens (primary N) is 1. The second-order valence-corrected chi connectivity index (χ2v) is 4.86. The third kappa shape index (κ3) is 3.48. The number of non-ortho nitro benzene ring substituents is 1. The zero-order chi connectivity index (χ0) is 15.6. The monoisotopic (exact) mass is 310 g/mol. The predicted octanol–water partition coefficient (Wildman–Crippen LogP) is 4.20. The molecule has 2 aromatic carbocycles. The highest BCUT2D eigenvalue weighted by Crippen LogP contribution is 2.34. The van der Waals surface area contributed by atoms with E-state index in [9.17, 15) is 14.5 Å². The summed E-state index contributed by atoms with van der Waals surface area (Å²) < 4.78 is 19.2. The molecule has 2 N–H and O–H groups in total. The first kappa shape index (κ1) is 15.2. The second-order valence-electron chi connectivity index (χ2n) is 4.45. The topological polar surface area (TPSA) is 78.4 Å². The van der Waals surface area contributed by atoms with E-state index in [4.69, 9.17) is 22.1 Å². The van der Waals surface area contributed by atoms with Crippen LogP contribution in [-0.2, 0) is 0 Å². The summed E-state index contributed by atoms with van der Waals surface area (Å²) >= 11 is 5.89. The van der Waals surface area contributed by atoms with Crippen molar-refractivity contribution in [1.82, 2.24) is 0 Å². The summed E-state index contributed by atoms with van der Waals surface area (Å²) in [5.41, 5.74) is 6.08. The molecule has 0 amide bonds. The maximum atomic E-state index is 13.9. The Labute approximate surface area is 125 Å². The number of hydrogen-bond donors (Lipinski definition) is 1. The molecule has 0 radical (unpaired) electrons. The van der Waals surface area contributed by atoms with Gasteiger partial charge in [-0.15, -0.1) is 0 Å². The van der Waals surface area contributed by atoms with Gasteiger partial charge in [-0.05, 0) is 30.7 Å². The number of nitro groups is 1. The highest BCUT2D eigenvalue weighted by Gasteiger charge is 2.14. The minimum absolute atomic E-state index is 0.0123. The SMILES string of the molecule is CC(N)c1ccc(Oc2cc([N+](=O)[O-])ccc2Cl)c(F)c1. The van der Waals surface area contributed by atoms with Gasteiger partial charge in [0.15, 0.2) is 17.3 Å². The van der Waals surface area contributed by atoms with Gasteiger partial charge in [0.25, 0.3) is 5.69 Å². The molecular weight excluding hydrogens is 299 g/mol. The molecule has 0 fully saturated rings. The molecule has 0 bridgehead atoms. The second kappa shape index (κ2) is 6.07. The van der Waals surface area contributed by atoms with Gasteiger partial charge in [-0.2, -0.15) is 0 Å². The van der Waals surface area contributed by atoms with Crippen molar-refractivity contribution in [3.63, 3.8) is 0 Å². The third-order valence-electron chi connectivity index (χ3n) is 2.83. The quantitative estimate of drug-likeness (QED) is 0.678. The maximum Gasteiger partial charge on any atom is 0.273 e. The molecule has 0 aromatic heterocycles. The minimum atomic E-state index is -0.618. The highest BCUT2D eigenvalue weighted by atomic mass is 35.5. The molecule has 2 aromatic rings. The van der Waals surface area contributed by atoms with Gasteiger partial charge in [0, 0.05) is 12.1 Å². The molecule has 21 heavy (non-hydrogen) atoms. The van der Waals surface area contributed by atoms with E-state index in [0.717, 1.165) is 6.07 Å². The molecule has 0 aliphatic rings. The normalized spacial score (nSPS) is 12.0. The van der Waals surface area contributed by atoms with Crippen LogP contribution in [0.25, 0.3) is 0 Å². The molecule has 0 saturated heterocycles. The van der Waals surface area contributed by atoms with Gasteiger partial charge in [-0.3, -0.25) is 10.1 Å². The Morgan fingerprint density at radius 3 is 2.57 bits per heavy atom. The molecule has 0 aliphatic carbocycles. The fourth-order valence-corrected chi connectivity index (χ4v) is 1.84. The van der Waals surface area contributed by atoms with Crippen molar-refractivity contribution in [2.24, 2.45) is 5.73 Å². The van der Waals surface area contributed by atoms with Crippen molar-refractivity contribution >= 4 is 17.3 Å². The Hall–Kier alpha value is -2.18. The lowest BCUT2D eigenvalue weighted by Gasteiger charge is -2.11. The van der Waals surface area contributed by atoms with Crippen molar-refractivity contribution < 1.29 is 14.1 Å². The summed E-state index contributed by atoms with van der Waals surface area (Å²) in [6.07, 6.45) is 0. The zero-order valence-corrected chi connectivity index (χ0v) is 11.8. The lowest BCUT2D eigenvalue weighted by Crippen LogP contribution is -2.05. The Bertz CT molecular complexity index is 692. The fourth-order valence-electron chi connectivity index (χ4n) is 1.69. The summed E-state index contributed by atoms with van der Waals surface area (Å²) in [5, 5.41) is 10.9. The van der Waals surface area contributed by atoms with Gasteiger partial charge in [-0.1, -0.05) is 17.7 Å². The first-order chi connectivity index (χ1) is 9.88. The molecule has 5 nitrogen and oxygen atoms in total. The van der Waals surface area contributed by atoms with Crippen LogP contribution in [0, 0.1) is 15.9 Å². The van der Waals surface area contributed by atoms with Gasteiger partial charge in [0.1, 0.15) is 0 Å². The molecule has 0 heterocycles. The van der Waals surface area contributed by atoms with Gasteiger partial charge in [0.05, 0.1) is 16.0 Å². The lowest BCUT2D eigenvalue weighted by atomic mass is 10.1. The summed E-state index contributed by atoms with van der Waals surface area (Å²) in [5.74, 6) is -0.688. The van der Waals surface area contributed by atoms with E-state index in [-0.39, 0.29) is 28.3 Å². The van der Waals surface area contributed by atoms with Crippen LogP contribution in [0.15, 0.2) is 36.4 Å². The maximum absolute atomic E-state index is 13.9. The number of ether oxygens (including phenoxy) is 1. The lowest BCUT2D eigenvalue weighted by molar-refractivity contribution is -0.384. The largest absolute Gasteiger partial charge is 0.452 e. The van der Waals surface area contributed by atoms with Crippen LogP contribution in [0.3, 0.4) is 0 Å². The third-order valence-corrected chi connectivity index (χ3v) is 3.14. The Morgan fingerprint density at radius 2 is 2.00 bits per heavy atom. The standard InChI is InChI=1S/C14H12ClFN2O3/c1-8(17)9-2-5-13(12(16)6-9)21-14-7-10(18(19)20)3-4-11(14)15/h2-8H,17H2,1H3. The number of rotatable bonds is 4. The van der Waals surface area contributed by atoms with Crippen molar-refractivity contribution in [3.05, 3.63) is 62.9 Å². The average Bonchev–Trinajstić information content (AvgIpc) is 2.42. The van der Waals surface area contributed by atoms with Crippen LogP contribution in [-0.4, -0.2) is 4.92 Å². The number of hydrogen-bond acceptors (Lipinski definition) is 4. The fraction of sp³-hybridized carbons (Fsp3) is 0.143. The van der Waals surface area contributed by atoms with Crippen LogP contribution in [0.1, 0.15) is 18.5 Å². The van der Waals surface area contributed by atoms with Crippen LogP contribution < -0.4 is 10.5 Å². The smallest absolute Gasteiger partial charge is 0.273 e. The Balaban J connectivity index is 2.34. The highest BCUT2D eigenvalue weighted by molar-refractivity contribution is 6.32. The predicted molar refractivity (Wildman–Crippen MR) is 77.2 cm³/mol. The molecule has 0 saturated carbocycles. The van der Waals surface area contributed by atoms with Crippen LogP contribution in [0.4, 0.5) is 10.1 Å². The van der Waals surface area contributed by atoms with Crippen molar-refractivity contribution in [3.8, 4) is 11.5 Å². The first-order valence-corrected chi connectivity index (χ1v) is 6.43. The van der Waals surface area contributed by atoms with E-state index in [1.165, 1.54) is 24.3 Å². The van der Waals surface area contributed by atoms with E-state index < -0.39 is 10.7 Å². The summed E-state index contributed by atoms with van der Waals surface area (Å²) in [6.45, 7) is 1.73. The van der Waals surface area contributed by atoms with Crippen molar-refractivity contribution in [2.75, 3.05) is 0 Å². The van der Waals surface area contributed by atoms with Crippen molar-refractivity contribution in [2.45, 2.75) is 13.0 Å². The number of nitrogens with zero attached hydrogens (tertiary/aromatic N) is 1. The van der Waals surface area contributed by atoms with E-state index >= 15 is 0 Å². The molecule has 0 spiro atoms. The van der Waals surface area contributed by atoms with Gasteiger partial charge >= 0.3 is 0 Å². The van der Waals surface area contributed by atoms with Crippen LogP contribution in [0.5, 0.6) is 11.5 Å². The number of halogens is 2. The van der Waals surface area contributed by atoms with E-state index in [1.807, 2.05) is 0 Å². The average molecular weight is 311 g/mol. The van der Waals surface area contributed by atoms with E-state index in [2.05, 4.69) is 0 Å². The van der Waals surface area contributed by atoms with Crippen molar-refractivity contribution in [1.29, 1.82) is 0 Å². The molecule has 2 rings (SSSR count). The summed E-state index contributed by atoms with van der Waals surface area (Å²) in [7, 11) is 0. The van der Waals surface area contributed by atoms with Crippen LogP contribution >= 0.6 is 11.6 Å². The molecule has 110 valence electrons. The summed E-state index contributed by atoms with van der Waals surface area (Å²) in [4.78, 5) is 10.1. The zero-order valence-electron chi connectivity index (χ0n) is 11.0. The van der Waals surface area contributed by atoms with E-state index in [0.29, 0.717) is 5.56 Å². The van der Waals surface area contributed by atoms with Gasteiger partial charge in [-0.25, -0.2) is 4.39 Å². The first-order valence-electron chi connectivity index (χ1n) is 6.05. The molecule has 1 atom stereocenters. The summed E-state index contributed by atoms with van der Waals surface area (Å²) in [6, 6.07) is 7.67.